The average Bonchev–Trinajstić information content (AvgIpc) is 3.23. The lowest BCUT2D eigenvalue weighted by atomic mass is 10.1. The summed E-state index contributed by atoms with van der Waals surface area (Å²) in [7, 11) is 0. The summed E-state index contributed by atoms with van der Waals surface area (Å²) in [4.78, 5) is 4.23. The van der Waals surface area contributed by atoms with Gasteiger partial charge in [0.1, 0.15) is 23.4 Å². The Morgan fingerprint density at radius 1 is 1.24 bits per heavy atom. The van der Waals surface area contributed by atoms with Crippen LogP contribution in [0.15, 0.2) is 36.5 Å². The highest BCUT2D eigenvalue weighted by Crippen LogP contribution is 2.39. The maximum Gasteiger partial charge on any atom is 0.145 e. The van der Waals surface area contributed by atoms with Crippen LogP contribution < -0.4 is 9.47 Å². The zero-order valence-electron chi connectivity index (χ0n) is 11.7. The molecule has 1 atom stereocenters. The Labute approximate surface area is 123 Å². The lowest BCUT2D eigenvalue weighted by Crippen LogP contribution is -2.05. The summed E-state index contributed by atoms with van der Waals surface area (Å²) >= 11 is 0. The van der Waals surface area contributed by atoms with Gasteiger partial charge in [-0.2, -0.15) is 0 Å². The van der Waals surface area contributed by atoms with E-state index >= 15 is 0 Å². The van der Waals surface area contributed by atoms with E-state index in [0.717, 1.165) is 36.1 Å². The zero-order valence-corrected chi connectivity index (χ0v) is 11.7. The zero-order chi connectivity index (χ0) is 14.2. The number of aromatic nitrogens is 1. The van der Waals surface area contributed by atoms with E-state index in [0.29, 0.717) is 0 Å². The lowest BCUT2D eigenvalue weighted by molar-refractivity contribution is 0.231. The first-order valence-electron chi connectivity index (χ1n) is 7.35. The highest BCUT2D eigenvalue weighted by molar-refractivity contribution is 5.44. The van der Waals surface area contributed by atoms with Crippen LogP contribution in [0.25, 0.3) is 0 Å². The standard InChI is InChI=1S/C17H17NO3/c19-13-4-6-15(18-9-13)17-7-12-3-5-14(8-16(12)21-17)20-10-11-1-2-11/h3-6,8-9,11,17,19H,1-2,7,10H2. The van der Waals surface area contributed by atoms with Gasteiger partial charge in [-0.05, 0) is 42.5 Å². The molecule has 0 saturated heterocycles. The maximum absolute atomic E-state index is 9.30. The molecule has 21 heavy (non-hydrogen) atoms. The normalized spacial score (nSPS) is 19.9. The van der Waals surface area contributed by atoms with Crippen LogP contribution in [0.3, 0.4) is 0 Å². The van der Waals surface area contributed by atoms with Gasteiger partial charge in [0.15, 0.2) is 0 Å². The first kappa shape index (κ1) is 12.5. The average molecular weight is 283 g/mol. The third-order valence-corrected chi connectivity index (χ3v) is 4.00. The molecular weight excluding hydrogens is 266 g/mol. The Balaban J connectivity index is 1.48. The van der Waals surface area contributed by atoms with Crippen molar-refractivity contribution in [1.82, 2.24) is 4.98 Å². The molecule has 4 nitrogen and oxygen atoms in total. The number of aromatic hydroxyl groups is 1. The fraction of sp³-hybridized carbons (Fsp3) is 0.353. The number of hydrogen-bond donors (Lipinski definition) is 1. The topological polar surface area (TPSA) is 51.6 Å². The Morgan fingerprint density at radius 2 is 2.14 bits per heavy atom. The van der Waals surface area contributed by atoms with Crippen LogP contribution in [0.5, 0.6) is 17.2 Å². The summed E-state index contributed by atoms with van der Waals surface area (Å²) in [5, 5.41) is 9.30. The van der Waals surface area contributed by atoms with Crippen molar-refractivity contribution in [2.45, 2.75) is 25.4 Å². The SMILES string of the molecule is Oc1ccc(C2Cc3ccc(OCC4CC4)cc3O2)nc1. The van der Waals surface area contributed by atoms with E-state index in [9.17, 15) is 5.11 Å². The molecular formula is C17H17NO3. The van der Waals surface area contributed by atoms with Crippen molar-refractivity contribution in [2.24, 2.45) is 5.92 Å². The number of pyridine rings is 1. The number of benzene rings is 1. The van der Waals surface area contributed by atoms with E-state index < -0.39 is 0 Å². The second kappa shape index (κ2) is 4.95. The first-order chi connectivity index (χ1) is 10.3. The second-order valence-corrected chi connectivity index (χ2v) is 5.78. The summed E-state index contributed by atoms with van der Waals surface area (Å²) in [6.45, 7) is 0.807. The Bertz CT molecular complexity index is 650. The highest BCUT2D eigenvalue weighted by Gasteiger charge is 2.26. The van der Waals surface area contributed by atoms with E-state index in [1.54, 1.807) is 12.1 Å². The molecule has 1 aromatic heterocycles. The lowest BCUT2D eigenvalue weighted by Gasteiger charge is -2.10. The van der Waals surface area contributed by atoms with Crippen LogP contribution in [-0.2, 0) is 6.42 Å². The van der Waals surface area contributed by atoms with E-state index in [1.165, 1.54) is 24.6 Å². The van der Waals surface area contributed by atoms with Crippen LogP contribution in [-0.4, -0.2) is 16.7 Å². The summed E-state index contributed by atoms with van der Waals surface area (Å²) in [5.74, 6) is 2.67. The smallest absolute Gasteiger partial charge is 0.145 e. The van der Waals surface area contributed by atoms with Crippen LogP contribution in [0.2, 0.25) is 0 Å². The van der Waals surface area contributed by atoms with Crippen LogP contribution in [0.4, 0.5) is 0 Å². The molecule has 1 unspecified atom stereocenters. The van der Waals surface area contributed by atoms with E-state index in [2.05, 4.69) is 11.1 Å². The Hall–Kier alpha value is -2.23. The summed E-state index contributed by atoms with van der Waals surface area (Å²) < 4.78 is 11.8. The van der Waals surface area contributed by atoms with Crippen LogP contribution in [0.1, 0.15) is 30.2 Å². The van der Waals surface area contributed by atoms with E-state index in [1.807, 2.05) is 12.1 Å². The quantitative estimate of drug-likeness (QED) is 0.935. The number of rotatable bonds is 4. The van der Waals surface area contributed by atoms with Crippen molar-refractivity contribution in [2.75, 3.05) is 6.61 Å². The summed E-state index contributed by atoms with van der Waals surface area (Å²) in [6.07, 6.45) is 4.74. The highest BCUT2D eigenvalue weighted by atomic mass is 16.5. The van der Waals surface area contributed by atoms with Crippen molar-refractivity contribution in [3.63, 3.8) is 0 Å². The van der Waals surface area contributed by atoms with Gasteiger partial charge >= 0.3 is 0 Å². The molecule has 108 valence electrons. The third-order valence-electron chi connectivity index (χ3n) is 4.00. The molecule has 2 heterocycles. The van der Waals surface area contributed by atoms with Crippen LogP contribution in [0, 0.1) is 5.92 Å². The molecule has 1 aliphatic carbocycles. The van der Waals surface area contributed by atoms with Crippen molar-refractivity contribution in [3.05, 3.63) is 47.8 Å². The summed E-state index contributed by atoms with van der Waals surface area (Å²) in [6, 6.07) is 9.49. The van der Waals surface area contributed by atoms with Crippen molar-refractivity contribution in [1.29, 1.82) is 0 Å². The minimum Gasteiger partial charge on any atom is -0.506 e. The van der Waals surface area contributed by atoms with Gasteiger partial charge in [0.05, 0.1) is 18.5 Å². The molecule has 1 aromatic carbocycles. The van der Waals surface area contributed by atoms with Gasteiger partial charge in [0.2, 0.25) is 0 Å². The largest absolute Gasteiger partial charge is 0.506 e. The minimum atomic E-state index is -0.0840. The van der Waals surface area contributed by atoms with Gasteiger partial charge in [-0.15, -0.1) is 0 Å². The first-order valence-corrected chi connectivity index (χ1v) is 7.35. The van der Waals surface area contributed by atoms with Gasteiger partial charge in [-0.25, -0.2) is 0 Å². The van der Waals surface area contributed by atoms with Gasteiger partial charge in [-0.3, -0.25) is 4.98 Å². The molecule has 4 rings (SSSR count). The predicted octanol–water partition coefficient (Wildman–Crippen LogP) is 3.25. The second-order valence-electron chi connectivity index (χ2n) is 5.78. The molecule has 4 heteroatoms. The third kappa shape index (κ3) is 2.66. The number of hydrogen-bond acceptors (Lipinski definition) is 4. The monoisotopic (exact) mass is 283 g/mol. The van der Waals surface area contributed by atoms with Crippen molar-refractivity contribution in [3.8, 4) is 17.2 Å². The predicted molar refractivity (Wildman–Crippen MR) is 77.6 cm³/mol. The molecule has 2 aromatic rings. The van der Waals surface area contributed by atoms with Gasteiger partial charge < -0.3 is 14.6 Å². The molecule has 0 spiro atoms. The number of ether oxygens (including phenoxy) is 2. The molecule has 2 aliphatic rings. The van der Waals surface area contributed by atoms with Gasteiger partial charge in [0.25, 0.3) is 0 Å². The van der Waals surface area contributed by atoms with Crippen molar-refractivity contribution >= 4 is 0 Å². The molecule has 0 amide bonds. The van der Waals surface area contributed by atoms with Gasteiger partial charge in [0, 0.05) is 12.5 Å². The summed E-state index contributed by atoms with van der Waals surface area (Å²) in [5.41, 5.74) is 2.01. The number of nitrogens with zero attached hydrogens (tertiary/aromatic N) is 1. The molecule has 0 radical (unpaired) electrons. The van der Waals surface area contributed by atoms with Crippen molar-refractivity contribution < 1.29 is 14.6 Å². The molecule has 0 bridgehead atoms. The molecule has 1 N–H and O–H groups in total. The fourth-order valence-corrected chi connectivity index (χ4v) is 2.55. The maximum atomic E-state index is 9.30. The fourth-order valence-electron chi connectivity index (χ4n) is 2.55. The van der Waals surface area contributed by atoms with Gasteiger partial charge in [-0.1, -0.05) is 6.07 Å². The Morgan fingerprint density at radius 3 is 2.90 bits per heavy atom. The minimum absolute atomic E-state index is 0.0840. The number of fused-ring (bicyclic) bond motifs is 1. The molecule has 1 fully saturated rings. The Kier molecular flexibility index (Phi) is 2.95. The molecule has 1 saturated carbocycles. The molecule has 1 aliphatic heterocycles. The van der Waals surface area contributed by atoms with E-state index in [-0.39, 0.29) is 11.9 Å². The van der Waals surface area contributed by atoms with E-state index in [4.69, 9.17) is 9.47 Å². The van der Waals surface area contributed by atoms with Crippen LogP contribution >= 0.6 is 0 Å².